The largest absolute Gasteiger partial charge is 0.451 e. The van der Waals surface area contributed by atoms with E-state index in [1.54, 1.807) is 0 Å². The predicted octanol–water partition coefficient (Wildman–Crippen LogP) is 4.18. The Balaban J connectivity index is 2.36. The number of alkyl halides is 3. The summed E-state index contributed by atoms with van der Waals surface area (Å²) in [4.78, 5) is 6.32. The molecule has 2 rings (SSSR count). The first kappa shape index (κ1) is 14.7. The molecule has 0 fully saturated rings. The van der Waals surface area contributed by atoms with Crippen LogP contribution in [0.4, 0.5) is 19.0 Å². The summed E-state index contributed by atoms with van der Waals surface area (Å²) in [6.45, 7) is 0. The first-order valence-electron chi connectivity index (χ1n) is 5.10. The summed E-state index contributed by atoms with van der Waals surface area (Å²) in [5.74, 6) is -2.03. The van der Waals surface area contributed by atoms with Gasteiger partial charge in [0.25, 0.3) is 0 Å². The maximum absolute atomic E-state index is 12.5. The number of aromatic nitrogens is 2. The zero-order valence-corrected chi connectivity index (χ0v) is 11.1. The van der Waals surface area contributed by atoms with Gasteiger partial charge in [-0.05, 0) is 18.2 Å². The molecule has 1 aromatic carbocycles. The van der Waals surface area contributed by atoms with Gasteiger partial charge in [-0.3, -0.25) is 0 Å². The highest BCUT2D eigenvalue weighted by Gasteiger charge is 2.35. The standard InChI is InChI=1S/C11H6Cl2F3N3O/c12-5-1-2-7(6(13)3-5)20-9-4-8(17)18-10(19-9)11(14,15)16/h1-4H,(H2,17,18,19). The Kier molecular flexibility index (Phi) is 3.92. The summed E-state index contributed by atoms with van der Waals surface area (Å²) in [5, 5.41) is 0.490. The van der Waals surface area contributed by atoms with E-state index in [2.05, 4.69) is 9.97 Å². The van der Waals surface area contributed by atoms with E-state index >= 15 is 0 Å². The molecule has 0 radical (unpaired) electrons. The van der Waals surface area contributed by atoms with Gasteiger partial charge in [-0.25, -0.2) is 4.98 Å². The highest BCUT2D eigenvalue weighted by atomic mass is 35.5. The van der Waals surface area contributed by atoms with Crippen LogP contribution in [0.2, 0.25) is 10.0 Å². The number of nitrogens with zero attached hydrogens (tertiary/aromatic N) is 2. The lowest BCUT2D eigenvalue weighted by Gasteiger charge is -2.10. The average Bonchev–Trinajstić information content (AvgIpc) is 2.31. The minimum Gasteiger partial charge on any atom is -0.437 e. The van der Waals surface area contributed by atoms with Crippen LogP contribution >= 0.6 is 23.2 Å². The number of halogens is 5. The fourth-order valence-corrected chi connectivity index (χ4v) is 1.74. The van der Waals surface area contributed by atoms with E-state index in [4.69, 9.17) is 33.7 Å². The van der Waals surface area contributed by atoms with Gasteiger partial charge in [0.1, 0.15) is 11.6 Å². The Bertz CT molecular complexity index is 649. The van der Waals surface area contributed by atoms with E-state index in [0.29, 0.717) is 5.02 Å². The Morgan fingerprint density at radius 1 is 1.10 bits per heavy atom. The monoisotopic (exact) mass is 323 g/mol. The van der Waals surface area contributed by atoms with Crippen LogP contribution in [0.5, 0.6) is 11.6 Å². The van der Waals surface area contributed by atoms with Gasteiger partial charge in [0, 0.05) is 11.1 Å². The first-order valence-corrected chi connectivity index (χ1v) is 5.86. The maximum Gasteiger partial charge on any atom is 0.451 e. The van der Waals surface area contributed by atoms with Crippen LogP contribution in [0.3, 0.4) is 0 Å². The summed E-state index contributed by atoms with van der Waals surface area (Å²) in [6, 6.07) is 5.31. The van der Waals surface area contributed by atoms with E-state index in [9.17, 15) is 13.2 Å². The lowest BCUT2D eigenvalue weighted by Crippen LogP contribution is -2.12. The van der Waals surface area contributed by atoms with Crippen LogP contribution in [0.1, 0.15) is 5.82 Å². The molecule has 0 bridgehead atoms. The molecule has 0 aliphatic rings. The van der Waals surface area contributed by atoms with Crippen molar-refractivity contribution in [2.24, 2.45) is 0 Å². The summed E-state index contributed by atoms with van der Waals surface area (Å²) in [6.07, 6.45) is -4.72. The van der Waals surface area contributed by atoms with E-state index < -0.39 is 12.0 Å². The van der Waals surface area contributed by atoms with Gasteiger partial charge in [0.2, 0.25) is 11.7 Å². The molecule has 2 N–H and O–H groups in total. The molecule has 1 heterocycles. The number of ether oxygens (including phenoxy) is 1. The Morgan fingerprint density at radius 3 is 2.40 bits per heavy atom. The van der Waals surface area contributed by atoms with Crippen molar-refractivity contribution in [1.29, 1.82) is 0 Å². The average molecular weight is 324 g/mol. The van der Waals surface area contributed by atoms with Crippen LogP contribution in [0.25, 0.3) is 0 Å². The second-order valence-electron chi connectivity index (χ2n) is 3.63. The van der Waals surface area contributed by atoms with Gasteiger partial charge in [-0.1, -0.05) is 23.2 Å². The van der Waals surface area contributed by atoms with Gasteiger partial charge in [-0.15, -0.1) is 0 Å². The molecule has 0 spiro atoms. The van der Waals surface area contributed by atoms with Crippen molar-refractivity contribution in [3.8, 4) is 11.6 Å². The SMILES string of the molecule is Nc1cc(Oc2ccc(Cl)cc2Cl)nc(C(F)(F)F)n1. The fourth-order valence-electron chi connectivity index (χ4n) is 1.29. The van der Waals surface area contributed by atoms with Crippen LogP contribution < -0.4 is 10.5 Å². The fraction of sp³-hybridized carbons (Fsp3) is 0.0909. The lowest BCUT2D eigenvalue weighted by molar-refractivity contribution is -0.145. The number of rotatable bonds is 2. The Labute approximate surface area is 121 Å². The molecule has 106 valence electrons. The molecule has 20 heavy (non-hydrogen) atoms. The zero-order chi connectivity index (χ0) is 14.9. The minimum atomic E-state index is -4.72. The molecule has 0 unspecified atom stereocenters. The van der Waals surface area contributed by atoms with Gasteiger partial charge in [0.05, 0.1) is 5.02 Å². The molecular weight excluding hydrogens is 318 g/mol. The molecule has 0 atom stereocenters. The van der Waals surface area contributed by atoms with E-state index in [0.717, 1.165) is 6.07 Å². The normalized spacial score (nSPS) is 11.4. The van der Waals surface area contributed by atoms with Crippen LogP contribution in [0, 0.1) is 0 Å². The van der Waals surface area contributed by atoms with Crippen molar-refractivity contribution in [2.75, 3.05) is 5.73 Å². The maximum atomic E-state index is 12.5. The molecule has 0 saturated heterocycles. The Hall–Kier alpha value is -1.73. The predicted molar refractivity (Wildman–Crippen MR) is 68.0 cm³/mol. The van der Waals surface area contributed by atoms with E-state index in [1.807, 2.05) is 0 Å². The third kappa shape index (κ3) is 3.43. The summed E-state index contributed by atoms with van der Waals surface area (Å²) in [7, 11) is 0. The summed E-state index contributed by atoms with van der Waals surface area (Å²) in [5.41, 5.74) is 5.29. The zero-order valence-electron chi connectivity index (χ0n) is 9.58. The van der Waals surface area contributed by atoms with Crippen molar-refractivity contribution in [3.05, 3.63) is 40.1 Å². The molecule has 4 nitrogen and oxygen atoms in total. The van der Waals surface area contributed by atoms with Gasteiger partial charge in [-0.2, -0.15) is 18.2 Å². The van der Waals surface area contributed by atoms with E-state index in [-0.39, 0.29) is 22.5 Å². The molecule has 9 heteroatoms. The van der Waals surface area contributed by atoms with Crippen LogP contribution in [-0.4, -0.2) is 9.97 Å². The third-order valence-electron chi connectivity index (χ3n) is 2.08. The number of anilines is 1. The van der Waals surface area contributed by atoms with Crippen molar-refractivity contribution in [3.63, 3.8) is 0 Å². The van der Waals surface area contributed by atoms with Crippen molar-refractivity contribution in [1.82, 2.24) is 9.97 Å². The van der Waals surface area contributed by atoms with Gasteiger partial charge in [0.15, 0.2) is 0 Å². The number of nitrogen functional groups attached to an aromatic ring is 1. The highest BCUT2D eigenvalue weighted by Crippen LogP contribution is 2.33. The van der Waals surface area contributed by atoms with Crippen molar-refractivity contribution >= 4 is 29.0 Å². The number of benzene rings is 1. The minimum absolute atomic E-state index is 0.0993. The number of hydrogen-bond acceptors (Lipinski definition) is 4. The second kappa shape index (κ2) is 5.34. The second-order valence-corrected chi connectivity index (χ2v) is 4.47. The number of nitrogens with two attached hydrogens (primary N) is 1. The van der Waals surface area contributed by atoms with Crippen LogP contribution in [0.15, 0.2) is 24.3 Å². The first-order chi connectivity index (χ1) is 9.25. The molecule has 1 aromatic heterocycles. The van der Waals surface area contributed by atoms with E-state index in [1.165, 1.54) is 18.2 Å². The molecule has 0 aliphatic heterocycles. The van der Waals surface area contributed by atoms with Crippen LogP contribution in [-0.2, 0) is 6.18 Å². The molecule has 0 saturated carbocycles. The molecule has 2 aromatic rings. The van der Waals surface area contributed by atoms with Gasteiger partial charge >= 0.3 is 6.18 Å². The summed E-state index contributed by atoms with van der Waals surface area (Å²) < 4.78 is 42.8. The molecular formula is C11H6Cl2F3N3O. The van der Waals surface area contributed by atoms with Crippen molar-refractivity contribution < 1.29 is 17.9 Å². The Morgan fingerprint density at radius 2 is 1.80 bits per heavy atom. The van der Waals surface area contributed by atoms with Crippen molar-refractivity contribution in [2.45, 2.75) is 6.18 Å². The lowest BCUT2D eigenvalue weighted by atomic mass is 10.3. The number of hydrogen-bond donors (Lipinski definition) is 1. The molecule has 0 amide bonds. The summed E-state index contributed by atoms with van der Waals surface area (Å²) >= 11 is 11.5. The highest BCUT2D eigenvalue weighted by molar-refractivity contribution is 6.35. The molecule has 0 aliphatic carbocycles. The van der Waals surface area contributed by atoms with Gasteiger partial charge < -0.3 is 10.5 Å². The third-order valence-corrected chi connectivity index (χ3v) is 2.61. The quantitative estimate of drug-likeness (QED) is 0.900. The topological polar surface area (TPSA) is 61.0 Å². The smallest absolute Gasteiger partial charge is 0.437 e.